The molecular formula is C13H23N3O2S. The maximum atomic E-state index is 12.2. The second-order valence-corrected chi connectivity index (χ2v) is 6.46. The zero-order valence-electron chi connectivity index (χ0n) is 11.8. The van der Waals surface area contributed by atoms with Gasteiger partial charge in [0.1, 0.15) is 4.90 Å². The summed E-state index contributed by atoms with van der Waals surface area (Å²) >= 11 is 0. The van der Waals surface area contributed by atoms with Crippen LogP contribution in [-0.4, -0.2) is 34.6 Å². The molecule has 0 spiro atoms. The Morgan fingerprint density at radius 3 is 2.58 bits per heavy atom. The third-order valence-corrected chi connectivity index (χ3v) is 4.18. The first-order valence-corrected chi connectivity index (χ1v) is 7.92. The van der Waals surface area contributed by atoms with E-state index in [0.717, 1.165) is 6.42 Å². The van der Waals surface area contributed by atoms with Crippen LogP contribution in [-0.2, 0) is 10.0 Å². The van der Waals surface area contributed by atoms with E-state index in [4.69, 9.17) is 5.73 Å². The summed E-state index contributed by atoms with van der Waals surface area (Å²) < 4.78 is 27.1. The SMILES string of the molecule is CCCNS(=O)(=O)c1ccccc1N(C)CC(C)N. The van der Waals surface area contributed by atoms with Crippen molar-refractivity contribution in [1.82, 2.24) is 4.72 Å². The number of nitrogens with two attached hydrogens (primary N) is 1. The Bertz CT molecular complexity index is 500. The highest BCUT2D eigenvalue weighted by Gasteiger charge is 2.19. The predicted octanol–water partition coefficient (Wildman–Crippen LogP) is 1.16. The van der Waals surface area contributed by atoms with E-state index >= 15 is 0 Å². The fourth-order valence-corrected chi connectivity index (χ4v) is 3.23. The lowest BCUT2D eigenvalue weighted by Gasteiger charge is -2.24. The average Bonchev–Trinajstić information content (AvgIpc) is 2.35. The van der Waals surface area contributed by atoms with Gasteiger partial charge in [-0.15, -0.1) is 0 Å². The van der Waals surface area contributed by atoms with Gasteiger partial charge in [0.2, 0.25) is 10.0 Å². The van der Waals surface area contributed by atoms with E-state index in [1.165, 1.54) is 0 Å². The standard InChI is InChI=1S/C13H23N3O2S/c1-4-9-15-19(17,18)13-8-6-5-7-12(13)16(3)10-11(2)14/h5-8,11,15H,4,9-10,14H2,1-3H3. The van der Waals surface area contributed by atoms with Crippen molar-refractivity contribution in [2.75, 3.05) is 25.0 Å². The molecule has 1 unspecified atom stereocenters. The van der Waals surface area contributed by atoms with Gasteiger partial charge in [0.05, 0.1) is 5.69 Å². The van der Waals surface area contributed by atoms with E-state index in [1.807, 2.05) is 31.9 Å². The van der Waals surface area contributed by atoms with Crippen LogP contribution in [0, 0.1) is 0 Å². The molecule has 1 rings (SSSR count). The maximum absolute atomic E-state index is 12.2. The molecule has 0 aliphatic rings. The number of anilines is 1. The molecule has 108 valence electrons. The second-order valence-electron chi connectivity index (χ2n) is 4.72. The molecule has 1 aromatic carbocycles. The Labute approximate surface area is 115 Å². The van der Waals surface area contributed by atoms with Gasteiger partial charge in [-0.05, 0) is 25.5 Å². The van der Waals surface area contributed by atoms with Gasteiger partial charge in [-0.3, -0.25) is 0 Å². The summed E-state index contributed by atoms with van der Waals surface area (Å²) in [6, 6.07) is 6.94. The predicted molar refractivity (Wildman–Crippen MR) is 78.8 cm³/mol. The molecule has 0 amide bonds. The van der Waals surface area contributed by atoms with E-state index in [-0.39, 0.29) is 6.04 Å². The van der Waals surface area contributed by atoms with Crippen molar-refractivity contribution in [2.45, 2.75) is 31.2 Å². The summed E-state index contributed by atoms with van der Waals surface area (Å²) in [5, 5.41) is 0. The molecule has 0 aromatic heterocycles. The monoisotopic (exact) mass is 285 g/mol. The molecule has 0 aliphatic carbocycles. The number of para-hydroxylation sites is 1. The maximum Gasteiger partial charge on any atom is 0.242 e. The van der Waals surface area contributed by atoms with Crippen LogP contribution >= 0.6 is 0 Å². The number of hydrogen-bond donors (Lipinski definition) is 2. The lowest BCUT2D eigenvalue weighted by Crippen LogP contribution is -2.34. The van der Waals surface area contributed by atoms with Crippen molar-refractivity contribution in [1.29, 1.82) is 0 Å². The van der Waals surface area contributed by atoms with Crippen molar-refractivity contribution in [3.05, 3.63) is 24.3 Å². The molecule has 19 heavy (non-hydrogen) atoms. The van der Waals surface area contributed by atoms with Crippen LogP contribution in [0.3, 0.4) is 0 Å². The minimum Gasteiger partial charge on any atom is -0.372 e. The van der Waals surface area contributed by atoms with Crippen LogP contribution in [0.2, 0.25) is 0 Å². The van der Waals surface area contributed by atoms with E-state index in [0.29, 0.717) is 23.7 Å². The number of benzene rings is 1. The lowest BCUT2D eigenvalue weighted by atomic mass is 10.2. The van der Waals surface area contributed by atoms with Gasteiger partial charge in [0.15, 0.2) is 0 Å². The van der Waals surface area contributed by atoms with E-state index in [1.54, 1.807) is 18.2 Å². The van der Waals surface area contributed by atoms with Gasteiger partial charge >= 0.3 is 0 Å². The van der Waals surface area contributed by atoms with E-state index in [2.05, 4.69) is 4.72 Å². The minimum atomic E-state index is -3.47. The third kappa shape index (κ3) is 4.49. The topological polar surface area (TPSA) is 75.4 Å². The number of rotatable bonds is 7. The smallest absolute Gasteiger partial charge is 0.242 e. The van der Waals surface area contributed by atoms with Gasteiger partial charge in [0.25, 0.3) is 0 Å². The van der Waals surface area contributed by atoms with Crippen LogP contribution in [0.15, 0.2) is 29.2 Å². The van der Waals surface area contributed by atoms with Gasteiger partial charge < -0.3 is 10.6 Å². The van der Waals surface area contributed by atoms with E-state index in [9.17, 15) is 8.42 Å². The van der Waals surface area contributed by atoms with Crippen LogP contribution in [0.4, 0.5) is 5.69 Å². The first-order chi connectivity index (χ1) is 8.88. The lowest BCUT2D eigenvalue weighted by molar-refractivity contribution is 0.580. The van der Waals surface area contributed by atoms with Crippen LogP contribution in [0.25, 0.3) is 0 Å². The first kappa shape index (κ1) is 15.9. The van der Waals surface area contributed by atoms with Crippen LogP contribution in [0.1, 0.15) is 20.3 Å². The highest BCUT2D eigenvalue weighted by molar-refractivity contribution is 7.89. The molecule has 3 N–H and O–H groups in total. The quantitative estimate of drug-likeness (QED) is 0.788. The summed E-state index contributed by atoms with van der Waals surface area (Å²) in [4.78, 5) is 2.16. The summed E-state index contributed by atoms with van der Waals surface area (Å²) in [7, 11) is -1.62. The molecular weight excluding hydrogens is 262 g/mol. The Morgan fingerprint density at radius 1 is 1.37 bits per heavy atom. The zero-order valence-corrected chi connectivity index (χ0v) is 12.6. The van der Waals surface area contributed by atoms with Gasteiger partial charge in [-0.25, -0.2) is 13.1 Å². The highest BCUT2D eigenvalue weighted by atomic mass is 32.2. The van der Waals surface area contributed by atoms with Crippen LogP contribution < -0.4 is 15.4 Å². The molecule has 0 fully saturated rings. The summed E-state index contributed by atoms with van der Waals surface area (Å²) in [6.07, 6.45) is 0.761. The van der Waals surface area contributed by atoms with Crippen molar-refractivity contribution >= 4 is 15.7 Å². The molecule has 0 bridgehead atoms. The molecule has 0 aliphatic heterocycles. The van der Waals surface area contributed by atoms with Gasteiger partial charge in [-0.2, -0.15) is 0 Å². The number of sulfonamides is 1. The molecule has 0 saturated carbocycles. The molecule has 1 aromatic rings. The normalized spacial score (nSPS) is 13.3. The number of nitrogens with zero attached hydrogens (tertiary/aromatic N) is 1. The number of nitrogens with one attached hydrogen (secondary N) is 1. The van der Waals surface area contributed by atoms with Gasteiger partial charge in [-0.1, -0.05) is 19.1 Å². The largest absolute Gasteiger partial charge is 0.372 e. The van der Waals surface area contributed by atoms with Crippen LogP contribution in [0.5, 0.6) is 0 Å². The van der Waals surface area contributed by atoms with Crippen molar-refractivity contribution in [3.63, 3.8) is 0 Å². The molecule has 1 atom stereocenters. The average molecular weight is 285 g/mol. The van der Waals surface area contributed by atoms with Crippen molar-refractivity contribution in [2.24, 2.45) is 5.73 Å². The fraction of sp³-hybridized carbons (Fsp3) is 0.538. The Morgan fingerprint density at radius 2 is 2.00 bits per heavy atom. The highest BCUT2D eigenvalue weighted by Crippen LogP contribution is 2.23. The minimum absolute atomic E-state index is 0.0237. The Balaban J connectivity index is 3.08. The summed E-state index contributed by atoms with van der Waals surface area (Å²) in [5.41, 5.74) is 6.43. The number of likely N-dealkylation sites (N-methyl/N-ethyl adjacent to an activating group) is 1. The molecule has 0 saturated heterocycles. The Kier molecular flexibility index (Phi) is 5.78. The summed E-state index contributed by atoms with van der Waals surface area (Å²) in [6.45, 7) is 4.85. The molecule has 0 heterocycles. The first-order valence-electron chi connectivity index (χ1n) is 6.44. The molecule has 5 nitrogen and oxygen atoms in total. The zero-order chi connectivity index (χ0) is 14.5. The summed E-state index contributed by atoms with van der Waals surface area (Å²) in [5.74, 6) is 0. The molecule has 0 radical (unpaired) electrons. The van der Waals surface area contributed by atoms with Crippen molar-refractivity contribution < 1.29 is 8.42 Å². The second kappa shape index (κ2) is 6.88. The van der Waals surface area contributed by atoms with Crippen molar-refractivity contribution in [3.8, 4) is 0 Å². The third-order valence-electron chi connectivity index (χ3n) is 2.67. The fourth-order valence-electron chi connectivity index (χ4n) is 1.84. The van der Waals surface area contributed by atoms with E-state index < -0.39 is 10.0 Å². The Hall–Kier alpha value is -1.11. The molecule has 6 heteroatoms. The number of hydrogen-bond acceptors (Lipinski definition) is 4. The van der Waals surface area contributed by atoms with Gasteiger partial charge in [0, 0.05) is 26.2 Å².